The average Bonchev–Trinajstić information content (AvgIpc) is 3.04. The molecule has 1 atom stereocenters. The van der Waals surface area contributed by atoms with E-state index in [0.29, 0.717) is 54.3 Å². The number of methoxy groups -OCH3 is 1. The molecule has 0 saturated heterocycles. The maximum Gasteiger partial charge on any atom is 0.328 e. The number of carbonyl (C=O) groups is 3. The summed E-state index contributed by atoms with van der Waals surface area (Å²) in [7, 11) is 1.34. The van der Waals surface area contributed by atoms with Crippen LogP contribution in [0.2, 0.25) is 0 Å². The van der Waals surface area contributed by atoms with Gasteiger partial charge in [0.2, 0.25) is 5.91 Å². The molecule has 0 fully saturated rings. The number of ketones is 1. The summed E-state index contributed by atoms with van der Waals surface area (Å²) in [6.07, 6.45) is 0.332. The first-order valence-electron chi connectivity index (χ1n) is 14.1. The molecule has 0 bridgehead atoms. The first kappa shape index (κ1) is 30.8. The number of nitrogens with zero attached hydrogens (tertiary/aromatic N) is 1. The Balaban J connectivity index is 1.39. The molecule has 0 aromatic heterocycles. The molecule has 43 heavy (non-hydrogen) atoms. The first-order chi connectivity index (χ1) is 20.9. The van der Waals surface area contributed by atoms with Crippen LogP contribution in [-0.2, 0) is 27.3 Å². The number of hydrogen-bond donors (Lipinski definition) is 1. The van der Waals surface area contributed by atoms with Gasteiger partial charge in [-0.1, -0.05) is 91.5 Å². The summed E-state index contributed by atoms with van der Waals surface area (Å²) in [6, 6.07) is 32.6. The van der Waals surface area contributed by atoms with Crippen LogP contribution in [0.15, 0.2) is 121 Å². The number of hydrogen-bond acceptors (Lipinski definition) is 6. The summed E-state index contributed by atoms with van der Waals surface area (Å²) in [6.45, 7) is 6.69. The molecule has 7 heteroatoms. The van der Waals surface area contributed by atoms with Crippen molar-refractivity contribution in [3.63, 3.8) is 0 Å². The predicted molar refractivity (Wildman–Crippen MR) is 168 cm³/mol. The van der Waals surface area contributed by atoms with E-state index in [-0.39, 0.29) is 11.7 Å². The zero-order valence-corrected chi connectivity index (χ0v) is 24.5. The van der Waals surface area contributed by atoms with E-state index in [4.69, 9.17) is 9.47 Å². The minimum absolute atomic E-state index is 0.115. The molecule has 220 valence electrons. The third-order valence-electron chi connectivity index (χ3n) is 6.88. The lowest BCUT2D eigenvalue weighted by Gasteiger charge is -2.23. The average molecular weight is 577 g/mol. The van der Waals surface area contributed by atoms with Crippen molar-refractivity contribution in [2.75, 3.05) is 25.6 Å². The summed E-state index contributed by atoms with van der Waals surface area (Å²) in [4.78, 5) is 40.3. The fourth-order valence-corrected chi connectivity index (χ4v) is 4.63. The van der Waals surface area contributed by atoms with Gasteiger partial charge in [0.25, 0.3) is 0 Å². The minimum Gasteiger partial charge on any atom is -0.492 e. The van der Waals surface area contributed by atoms with Gasteiger partial charge in [0.05, 0.1) is 13.7 Å². The van der Waals surface area contributed by atoms with Gasteiger partial charge in [-0.2, -0.15) is 0 Å². The second-order valence-electron chi connectivity index (χ2n) is 10.1. The maximum absolute atomic E-state index is 13.2. The number of para-hydroxylation sites is 1. The SMILES string of the molecule is C=C(C)C(=O)N(CCOc1ccc(C[C@H](Nc2ccccc2C(=O)c2ccccc2)C(=O)OC)cc1)Cc1ccccc1. The van der Waals surface area contributed by atoms with Crippen LogP contribution in [0, 0.1) is 0 Å². The van der Waals surface area contributed by atoms with Crippen molar-refractivity contribution in [3.8, 4) is 5.75 Å². The van der Waals surface area contributed by atoms with Gasteiger partial charge in [-0.15, -0.1) is 0 Å². The molecule has 4 aromatic carbocycles. The number of anilines is 1. The van der Waals surface area contributed by atoms with Crippen LogP contribution in [0.1, 0.15) is 34.0 Å². The highest BCUT2D eigenvalue weighted by molar-refractivity contribution is 6.12. The van der Waals surface area contributed by atoms with Crippen LogP contribution in [0.3, 0.4) is 0 Å². The van der Waals surface area contributed by atoms with Gasteiger partial charge >= 0.3 is 5.97 Å². The zero-order valence-electron chi connectivity index (χ0n) is 24.5. The van der Waals surface area contributed by atoms with Gasteiger partial charge in [-0.25, -0.2) is 4.79 Å². The molecule has 0 heterocycles. The fourth-order valence-electron chi connectivity index (χ4n) is 4.63. The van der Waals surface area contributed by atoms with Crippen molar-refractivity contribution in [3.05, 3.63) is 144 Å². The highest BCUT2D eigenvalue weighted by Crippen LogP contribution is 2.22. The second-order valence-corrected chi connectivity index (χ2v) is 10.1. The highest BCUT2D eigenvalue weighted by Gasteiger charge is 2.23. The monoisotopic (exact) mass is 576 g/mol. The standard InChI is InChI=1S/C36H36N2O5/c1-26(2)35(40)38(25-28-12-6-4-7-13-28)22-23-43-30-20-18-27(19-21-30)24-33(36(41)42-3)37-32-17-11-10-16-31(32)34(39)29-14-8-5-9-15-29/h4-21,33,37H,1,22-25H2,2-3H3/t33-/m0/s1. The molecule has 1 amide bonds. The van der Waals surface area contributed by atoms with Gasteiger partial charge in [0.15, 0.2) is 5.78 Å². The largest absolute Gasteiger partial charge is 0.492 e. The van der Waals surface area contributed by atoms with E-state index in [1.807, 2.05) is 78.9 Å². The van der Waals surface area contributed by atoms with Crippen molar-refractivity contribution in [2.24, 2.45) is 0 Å². The van der Waals surface area contributed by atoms with Gasteiger partial charge in [0.1, 0.15) is 18.4 Å². The van der Waals surface area contributed by atoms with E-state index in [1.54, 1.807) is 42.2 Å². The van der Waals surface area contributed by atoms with Crippen molar-refractivity contribution in [1.29, 1.82) is 0 Å². The van der Waals surface area contributed by atoms with Crippen molar-refractivity contribution in [2.45, 2.75) is 25.9 Å². The molecule has 0 aliphatic rings. The van der Waals surface area contributed by atoms with Crippen LogP contribution in [-0.4, -0.2) is 48.9 Å². The van der Waals surface area contributed by atoms with Crippen LogP contribution < -0.4 is 10.1 Å². The smallest absolute Gasteiger partial charge is 0.328 e. The highest BCUT2D eigenvalue weighted by atomic mass is 16.5. The summed E-state index contributed by atoms with van der Waals surface area (Å²) in [5.41, 5.74) is 3.97. The molecule has 0 spiro atoms. The Hall–Kier alpha value is -5.17. The zero-order chi connectivity index (χ0) is 30.6. The first-order valence-corrected chi connectivity index (χ1v) is 14.1. The van der Waals surface area contributed by atoms with Crippen molar-refractivity contribution in [1.82, 2.24) is 4.90 Å². The number of rotatable bonds is 14. The van der Waals surface area contributed by atoms with E-state index in [0.717, 1.165) is 11.1 Å². The number of benzene rings is 4. The Morgan fingerprint density at radius 2 is 1.44 bits per heavy atom. The predicted octanol–water partition coefficient (Wildman–Crippen LogP) is 6.10. The number of esters is 1. The number of ether oxygens (including phenoxy) is 2. The molecule has 0 radical (unpaired) electrons. The Morgan fingerprint density at radius 1 is 0.814 bits per heavy atom. The summed E-state index contributed by atoms with van der Waals surface area (Å²) < 4.78 is 11.0. The summed E-state index contributed by atoms with van der Waals surface area (Å²) in [5, 5.41) is 3.23. The van der Waals surface area contributed by atoms with Gasteiger partial charge in [-0.3, -0.25) is 9.59 Å². The third-order valence-corrected chi connectivity index (χ3v) is 6.88. The molecular weight excluding hydrogens is 540 g/mol. The molecule has 1 N–H and O–H groups in total. The Morgan fingerprint density at radius 3 is 2.09 bits per heavy atom. The number of carbonyl (C=O) groups excluding carboxylic acids is 3. The van der Waals surface area contributed by atoms with Crippen LogP contribution >= 0.6 is 0 Å². The van der Waals surface area contributed by atoms with Gasteiger partial charge in [0, 0.05) is 35.4 Å². The Kier molecular flexibility index (Phi) is 10.9. The summed E-state index contributed by atoms with van der Waals surface area (Å²) in [5.74, 6) is -0.0483. The molecule has 4 rings (SSSR count). The molecule has 0 aliphatic carbocycles. The number of amides is 1. The quantitative estimate of drug-likeness (QED) is 0.111. The van der Waals surface area contributed by atoms with E-state index in [2.05, 4.69) is 11.9 Å². The van der Waals surface area contributed by atoms with E-state index < -0.39 is 12.0 Å². The Bertz CT molecular complexity index is 1540. The fraction of sp³-hybridized carbons (Fsp3) is 0.194. The normalized spacial score (nSPS) is 11.2. The lowest BCUT2D eigenvalue weighted by atomic mass is 10.00. The van der Waals surface area contributed by atoms with E-state index >= 15 is 0 Å². The molecule has 0 aliphatic heterocycles. The van der Waals surface area contributed by atoms with Crippen LogP contribution in [0.5, 0.6) is 5.75 Å². The molecule has 7 nitrogen and oxygen atoms in total. The van der Waals surface area contributed by atoms with E-state index in [9.17, 15) is 14.4 Å². The minimum atomic E-state index is -0.721. The Labute approximate surface area is 252 Å². The molecular formula is C36H36N2O5. The summed E-state index contributed by atoms with van der Waals surface area (Å²) >= 11 is 0. The van der Waals surface area contributed by atoms with Crippen LogP contribution in [0.4, 0.5) is 5.69 Å². The van der Waals surface area contributed by atoms with E-state index in [1.165, 1.54) is 7.11 Å². The lowest BCUT2D eigenvalue weighted by Crippen LogP contribution is -2.34. The van der Waals surface area contributed by atoms with Gasteiger partial charge in [-0.05, 0) is 42.3 Å². The molecule has 0 unspecified atom stereocenters. The molecule has 4 aromatic rings. The van der Waals surface area contributed by atoms with Crippen molar-refractivity contribution >= 4 is 23.3 Å². The topological polar surface area (TPSA) is 84.9 Å². The lowest BCUT2D eigenvalue weighted by molar-refractivity contribution is -0.141. The maximum atomic E-state index is 13.2. The number of nitrogens with one attached hydrogen (secondary N) is 1. The van der Waals surface area contributed by atoms with Crippen molar-refractivity contribution < 1.29 is 23.9 Å². The second kappa shape index (κ2) is 15.2. The van der Waals surface area contributed by atoms with Gasteiger partial charge < -0.3 is 19.7 Å². The van der Waals surface area contributed by atoms with Crippen LogP contribution in [0.25, 0.3) is 0 Å². The third kappa shape index (κ3) is 8.66. The molecule has 0 saturated carbocycles.